The number of oxazole rings is 1. The number of methoxy groups -OCH3 is 1. The van der Waals surface area contributed by atoms with Crippen LogP contribution in [0.2, 0.25) is 0 Å². The molecular formula is C17H18N4O4. The lowest BCUT2D eigenvalue weighted by atomic mass is 10.2. The standard InChI is InChI=1S/C17H18N4O4/c1-24-16(22)13-10-12-11-19(7-9-21(12)18-13)6-8-20-14-4-2-3-5-15(14)25-17(20)23/h2-5,10H,6-9,11H2,1H3. The maximum absolute atomic E-state index is 12.0. The first kappa shape index (κ1) is 15.6. The number of fused-ring (bicyclic) bond motifs is 2. The van der Waals surface area contributed by atoms with Gasteiger partial charge in [0.25, 0.3) is 0 Å². The van der Waals surface area contributed by atoms with Gasteiger partial charge in [0.05, 0.1) is 24.9 Å². The van der Waals surface area contributed by atoms with Gasteiger partial charge in [-0.2, -0.15) is 5.10 Å². The van der Waals surface area contributed by atoms with Gasteiger partial charge >= 0.3 is 11.7 Å². The molecular weight excluding hydrogens is 324 g/mol. The number of hydrogen-bond donors (Lipinski definition) is 0. The van der Waals surface area contributed by atoms with Gasteiger partial charge in [0.15, 0.2) is 11.3 Å². The molecule has 0 unspecified atom stereocenters. The number of carbonyl (C=O) groups excluding carboxylic acids is 1. The Balaban J connectivity index is 1.47. The summed E-state index contributed by atoms with van der Waals surface area (Å²) in [5, 5.41) is 4.27. The maximum atomic E-state index is 12.0. The number of para-hydroxylation sites is 2. The lowest BCUT2D eigenvalue weighted by molar-refractivity contribution is 0.0593. The molecule has 0 atom stereocenters. The van der Waals surface area contributed by atoms with Crippen LogP contribution < -0.4 is 5.76 Å². The third-order valence-corrected chi connectivity index (χ3v) is 4.49. The Morgan fingerprint density at radius 2 is 2.12 bits per heavy atom. The zero-order chi connectivity index (χ0) is 17.4. The molecule has 1 aliphatic rings. The number of esters is 1. The summed E-state index contributed by atoms with van der Waals surface area (Å²) in [5.74, 6) is -0.763. The number of aromatic nitrogens is 3. The third kappa shape index (κ3) is 2.85. The normalized spacial score (nSPS) is 14.6. The molecule has 0 aliphatic carbocycles. The fourth-order valence-electron chi connectivity index (χ4n) is 3.18. The highest BCUT2D eigenvalue weighted by Crippen LogP contribution is 2.15. The van der Waals surface area contributed by atoms with Gasteiger partial charge in [-0.3, -0.25) is 14.1 Å². The van der Waals surface area contributed by atoms with Crippen molar-refractivity contribution in [3.05, 3.63) is 52.3 Å². The Labute approximate surface area is 143 Å². The molecule has 3 heterocycles. The van der Waals surface area contributed by atoms with E-state index in [1.54, 1.807) is 16.7 Å². The van der Waals surface area contributed by atoms with Crippen molar-refractivity contribution in [1.82, 2.24) is 19.2 Å². The van der Waals surface area contributed by atoms with E-state index in [1.807, 2.05) is 22.9 Å². The molecule has 0 radical (unpaired) electrons. The summed E-state index contributed by atoms with van der Waals surface area (Å²) < 4.78 is 13.5. The average molecular weight is 342 g/mol. The zero-order valence-electron chi connectivity index (χ0n) is 13.8. The molecule has 0 saturated carbocycles. The van der Waals surface area contributed by atoms with E-state index < -0.39 is 5.97 Å². The molecule has 130 valence electrons. The summed E-state index contributed by atoms with van der Waals surface area (Å²) in [6.45, 7) is 3.44. The van der Waals surface area contributed by atoms with Gasteiger partial charge in [-0.15, -0.1) is 0 Å². The van der Waals surface area contributed by atoms with Crippen LogP contribution in [0.5, 0.6) is 0 Å². The summed E-state index contributed by atoms with van der Waals surface area (Å²) in [6.07, 6.45) is 0. The summed E-state index contributed by atoms with van der Waals surface area (Å²) >= 11 is 0. The highest BCUT2D eigenvalue weighted by molar-refractivity contribution is 5.87. The molecule has 0 N–H and O–H groups in total. The largest absolute Gasteiger partial charge is 0.464 e. The van der Waals surface area contributed by atoms with Crippen molar-refractivity contribution in [1.29, 1.82) is 0 Å². The van der Waals surface area contributed by atoms with Gasteiger partial charge in [-0.25, -0.2) is 9.59 Å². The molecule has 0 fully saturated rings. The number of rotatable bonds is 4. The number of carbonyl (C=O) groups is 1. The molecule has 0 spiro atoms. The Morgan fingerprint density at radius 1 is 1.28 bits per heavy atom. The van der Waals surface area contributed by atoms with Crippen molar-refractivity contribution >= 4 is 17.1 Å². The Kier molecular flexibility index (Phi) is 3.89. The molecule has 8 nitrogen and oxygen atoms in total. The highest BCUT2D eigenvalue weighted by atomic mass is 16.5. The first-order valence-electron chi connectivity index (χ1n) is 8.11. The average Bonchev–Trinajstić information content (AvgIpc) is 3.19. The summed E-state index contributed by atoms with van der Waals surface area (Å²) in [6, 6.07) is 9.18. The minimum absolute atomic E-state index is 0.330. The first-order chi connectivity index (χ1) is 12.2. The fourth-order valence-corrected chi connectivity index (χ4v) is 3.18. The SMILES string of the molecule is COC(=O)c1cc2n(n1)CCN(CCn1c(=O)oc3ccccc31)C2. The van der Waals surface area contributed by atoms with Crippen LogP contribution in [0.15, 0.2) is 39.5 Å². The van der Waals surface area contributed by atoms with Crippen molar-refractivity contribution in [3.63, 3.8) is 0 Å². The topological polar surface area (TPSA) is 82.5 Å². The lowest BCUT2D eigenvalue weighted by Crippen LogP contribution is -2.36. The van der Waals surface area contributed by atoms with Gasteiger partial charge in [0.1, 0.15) is 0 Å². The molecule has 0 bridgehead atoms. The minimum atomic E-state index is -0.426. The molecule has 2 aromatic heterocycles. The second-order valence-electron chi connectivity index (χ2n) is 6.00. The van der Waals surface area contributed by atoms with Crippen molar-refractivity contribution in [2.75, 3.05) is 20.2 Å². The van der Waals surface area contributed by atoms with Crippen LogP contribution in [0.3, 0.4) is 0 Å². The molecule has 25 heavy (non-hydrogen) atoms. The Morgan fingerprint density at radius 3 is 2.96 bits per heavy atom. The van der Waals surface area contributed by atoms with E-state index in [1.165, 1.54) is 7.11 Å². The third-order valence-electron chi connectivity index (χ3n) is 4.49. The first-order valence-corrected chi connectivity index (χ1v) is 8.11. The van der Waals surface area contributed by atoms with Crippen molar-refractivity contribution in [3.8, 4) is 0 Å². The second kappa shape index (κ2) is 6.21. The van der Waals surface area contributed by atoms with E-state index in [0.29, 0.717) is 37.5 Å². The number of benzene rings is 1. The van der Waals surface area contributed by atoms with Crippen LogP contribution in [0.4, 0.5) is 0 Å². The van der Waals surface area contributed by atoms with E-state index in [4.69, 9.17) is 9.15 Å². The summed E-state index contributed by atoms with van der Waals surface area (Å²) in [7, 11) is 1.35. The van der Waals surface area contributed by atoms with E-state index in [2.05, 4.69) is 10.00 Å². The van der Waals surface area contributed by atoms with Crippen LogP contribution in [0.25, 0.3) is 11.1 Å². The lowest BCUT2D eigenvalue weighted by Gasteiger charge is -2.27. The van der Waals surface area contributed by atoms with Crippen molar-refractivity contribution in [2.24, 2.45) is 0 Å². The fraction of sp³-hybridized carbons (Fsp3) is 0.353. The molecule has 1 aromatic carbocycles. The van der Waals surface area contributed by atoms with Gasteiger partial charge in [-0.1, -0.05) is 12.1 Å². The van der Waals surface area contributed by atoms with Crippen LogP contribution in [0, 0.1) is 0 Å². The molecule has 3 aromatic rings. The maximum Gasteiger partial charge on any atom is 0.419 e. The van der Waals surface area contributed by atoms with Gasteiger partial charge < -0.3 is 9.15 Å². The summed E-state index contributed by atoms with van der Waals surface area (Å²) in [4.78, 5) is 25.9. The van der Waals surface area contributed by atoms with Crippen LogP contribution in [-0.2, 0) is 24.4 Å². The molecule has 4 rings (SSSR count). The van der Waals surface area contributed by atoms with Crippen molar-refractivity contribution < 1.29 is 13.9 Å². The zero-order valence-corrected chi connectivity index (χ0v) is 13.8. The molecule has 8 heteroatoms. The van der Waals surface area contributed by atoms with E-state index in [-0.39, 0.29) is 5.76 Å². The molecule has 0 saturated heterocycles. The Hall–Kier alpha value is -2.87. The predicted octanol–water partition coefficient (Wildman–Crippen LogP) is 1.09. The Bertz CT molecular complexity index is 984. The second-order valence-corrected chi connectivity index (χ2v) is 6.00. The van der Waals surface area contributed by atoms with E-state index >= 15 is 0 Å². The van der Waals surface area contributed by atoms with Gasteiger partial charge in [0, 0.05) is 26.2 Å². The van der Waals surface area contributed by atoms with E-state index in [0.717, 1.165) is 17.8 Å². The van der Waals surface area contributed by atoms with Crippen LogP contribution in [-0.4, -0.2) is 45.4 Å². The number of nitrogens with zero attached hydrogens (tertiary/aromatic N) is 4. The molecule has 0 amide bonds. The monoisotopic (exact) mass is 342 g/mol. The minimum Gasteiger partial charge on any atom is -0.464 e. The summed E-state index contributed by atoms with van der Waals surface area (Å²) in [5.41, 5.74) is 2.71. The number of ether oxygens (including phenoxy) is 1. The van der Waals surface area contributed by atoms with Crippen molar-refractivity contribution in [2.45, 2.75) is 19.6 Å². The van der Waals surface area contributed by atoms with Crippen LogP contribution >= 0.6 is 0 Å². The number of hydrogen-bond acceptors (Lipinski definition) is 6. The van der Waals surface area contributed by atoms with Gasteiger partial charge in [-0.05, 0) is 18.2 Å². The van der Waals surface area contributed by atoms with Crippen LogP contribution in [0.1, 0.15) is 16.2 Å². The highest BCUT2D eigenvalue weighted by Gasteiger charge is 2.21. The predicted molar refractivity (Wildman–Crippen MR) is 89.3 cm³/mol. The molecule has 1 aliphatic heterocycles. The smallest absolute Gasteiger partial charge is 0.419 e. The van der Waals surface area contributed by atoms with Gasteiger partial charge in [0.2, 0.25) is 0 Å². The quantitative estimate of drug-likeness (QED) is 0.660. The van der Waals surface area contributed by atoms with E-state index in [9.17, 15) is 9.59 Å².